The minimum Gasteiger partial charge on any atom is -0.454 e. The lowest BCUT2D eigenvalue weighted by molar-refractivity contribution is 0.442. The molecule has 4 nitrogen and oxygen atoms in total. The van der Waals surface area contributed by atoms with Crippen molar-refractivity contribution in [2.75, 3.05) is 11.5 Å². The number of benzene rings is 2. The van der Waals surface area contributed by atoms with Crippen molar-refractivity contribution in [3.05, 3.63) is 47.8 Å². The number of anilines is 2. The van der Waals surface area contributed by atoms with Crippen molar-refractivity contribution >= 4 is 17.6 Å². The summed E-state index contributed by atoms with van der Waals surface area (Å²) in [7, 11) is 0. The first kappa shape index (κ1) is 11.9. The van der Waals surface area contributed by atoms with Gasteiger partial charge >= 0.3 is 0 Å². The number of nitrogens with one attached hydrogen (secondary N) is 1. The third-order valence-electron chi connectivity index (χ3n) is 2.42. The van der Waals surface area contributed by atoms with Crippen LogP contribution in [0.2, 0.25) is 0 Å². The predicted molar refractivity (Wildman–Crippen MR) is 69.6 cm³/mol. The Bertz CT molecular complexity index is 599. The Labute approximate surface area is 103 Å². The summed E-state index contributed by atoms with van der Waals surface area (Å²) in [6.45, 7) is 0. The number of ether oxygens (including phenoxy) is 1. The van der Waals surface area contributed by atoms with Crippen LogP contribution < -0.4 is 16.2 Å². The summed E-state index contributed by atoms with van der Waals surface area (Å²) in [5.74, 6) is -0.195. The van der Waals surface area contributed by atoms with Gasteiger partial charge in [-0.1, -0.05) is 6.07 Å². The van der Waals surface area contributed by atoms with Gasteiger partial charge in [-0.25, -0.2) is 4.39 Å². The van der Waals surface area contributed by atoms with Gasteiger partial charge in [-0.3, -0.25) is 0 Å². The molecule has 0 aliphatic carbocycles. The Morgan fingerprint density at radius 3 is 2.56 bits per heavy atom. The van der Waals surface area contributed by atoms with Crippen molar-refractivity contribution in [2.24, 2.45) is 0 Å². The fourth-order valence-electron chi connectivity index (χ4n) is 1.52. The molecule has 0 saturated heterocycles. The minimum absolute atomic E-state index is 0.0397. The normalized spacial score (nSPS) is 10.1. The van der Waals surface area contributed by atoms with Crippen LogP contribution in [0.3, 0.4) is 0 Å². The second-order valence-corrected chi connectivity index (χ2v) is 3.70. The zero-order valence-corrected chi connectivity index (χ0v) is 9.48. The molecular formula is C13H12FN3O. The Morgan fingerprint density at radius 2 is 1.89 bits per heavy atom. The van der Waals surface area contributed by atoms with Gasteiger partial charge < -0.3 is 21.6 Å². The van der Waals surface area contributed by atoms with Gasteiger partial charge in [0.05, 0.1) is 5.56 Å². The van der Waals surface area contributed by atoms with Crippen LogP contribution in [-0.4, -0.2) is 6.21 Å². The number of halogens is 1. The molecule has 0 unspecified atom stereocenters. The molecule has 5 N–H and O–H groups in total. The highest BCUT2D eigenvalue weighted by Crippen LogP contribution is 2.30. The lowest BCUT2D eigenvalue weighted by Gasteiger charge is -2.11. The topological polar surface area (TPSA) is 85.1 Å². The smallest absolute Gasteiger partial charge is 0.167 e. The molecule has 2 aromatic rings. The quantitative estimate of drug-likeness (QED) is 0.574. The molecule has 5 heteroatoms. The highest BCUT2D eigenvalue weighted by atomic mass is 19.1. The minimum atomic E-state index is -0.562. The Balaban J connectivity index is 2.40. The highest BCUT2D eigenvalue weighted by molar-refractivity contribution is 5.88. The zero-order chi connectivity index (χ0) is 13.1. The highest BCUT2D eigenvalue weighted by Gasteiger charge is 2.09. The van der Waals surface area contributed by atoms with E-state index in [9.17, 15) is 4.39 Å². The SMILES string of the molecule is N=Cc1c(N)cccc1Oc1ccc(N)cc1F. The van der Waals surface area contributed by atoms with Crippen molar-refractivity contribution in [1.82, 2.24) is 0 Å². The Hall–Kier alpha value is -2.56. The average Bonchev–Trinajstić information content (AvgIpc) is 2.33. The molecule has 0 saturated carbocycles. The molecule has 0 radical (unpaired) electrons. The van der Waals surface area contributed by atoms with Gasteiger partial charge in [0.25, 0.3) is 0 Å². The van der Waals surface area contributed by atoms with E-state index in [1.54, 1.807) is 18.2 Å². The maximum Gasteiger partial charge on any atom is 0.167 e. The summed E-state index contributed by atoms with van der Waals surface area (Å²) in [5, 5.41) is 7.28. The van der Waals surface area contributed by atoms with E-state index in [1.807, 2.05) is 0 Å². The number of nitrogen functional groups attached to an aromatic ring is 2. The lowest BCUT2D eigenvalue weighted by atomic mass is 10.2. The first-order valence-corrected chi connectivity index (χ1v) is 5.23. The molecule has 2 rings (SSSR count). The predicted octanol–water partition coefficient (Wildman–Crippen LogP) is 2.78. The summed E-state index contributed by atoms with van der Waals surface area (Å²) >= 11 is 0. The second-order valence-electron chi connectivity index (χ2n) is 3.70. The molecule has 0 aliphatic rings. The van der Waals surface area contributed by atoms with Gasteiger partial charge in [-0.05, 0) is 24.3 Å². The van der Waals surface area contributed by atoms with Crippen LogP contribution in [0.4, 0.5) is 15.8 Å². The van der Waals surface area contributed by atoms with Crippen molar-refractivity contribution in [3.8, 4) is 11.5 Å². The number of hydrogen-bond acceptors (Lipinski definition) is 4. The van der Waals surface area contributed by atoms with Crippen LogP contribution >= 0.6 is 0 Å². The molecule has 0 spiro atoms. The molecule has 0 aliphatic heterocycles. The molecule has 0 amide bonds. The van der Waals surface area contributed by atoms with E-state index in [0.29, 0.717) is 22.7 Å². The van der Waals surface area contributed by atoms with Gasteiger partial charge in [0.15, 0.2) is 11.6 Å². The van der Waals surface area contributed by atoms with Crippen LogP contribution in [0.1, 0.15) is 5.56 Å². The van der Waals surface area contributed by atoms with E-state index in [1.165, 1.54) is 18.2 Å². The lowest BCUT2D eigenvalue weighted by Crippen LogP contribution is -1.98. The third-order valence-corrected chi connectivity index (χ3v) is 2.42. The zero-order valence-electron chi connectivity index (χ0n) is 9.48. The summed E-state index contributed by atoms with van der Waals surface area (Å²) in [5.41, 5.74) is 12.3. The molecule has 92 valence electrons. The van der Waals surface area contributed by atoms with Crippen LogP contribution in [0, 0.1) is 11.2 Å². The fourth-order valence-corrected chi connectivity index (χ4v) is 1.52. The number of nitrogens with two attached hydrogens (primary N) is 2. The fraction of sp³-hybridized carbons (Fsp3) is 0. The largest absolute Gasteiger partial charge is 0.454 e. The molecule has 0 atom stereocenters. The molecule has 0 aromatic heterocycles. The van der Waals surface area contributed by atoms with Gasteiger partial charge in [-0.15, -0.1) is 0 Å². The maximum atomic E-state index is 13.6. The standard InChI is InChI=1S/C13H12FN3O/c14-10-6-8(16)4-5-13(10)18-12-3-1-2-11(17)9(12)7-15/h1-7,15H,16-17H2. The Morgan fingerprint density at radius 1 is 1.11 bits per heavy atom. The van der Waals surface area contributed by atoms with E-state index >= 15 is 0 Å². The summed E-state index contributed by atoms with van der Waals surface area (Å²) in [6.07, 6.45) is 1.07. The van der Waals surface area contributed by atoms with Crippen LogP contribution in [-0.2, 0) is 0 Å². The van der Waals surface area contributed by atoms with Crippen molar-refractivity contribution < 1.29 is 9.13 Å². The number of rotatable bonds is 3. The number of hydrogen-bond donors (Lipinski definition) is 3. The first-order valence-electron chi connectivity index (χ1n) is 5.23. The van der Waals surface area contributed by atoms with Crippen molar-refractivity contribution in [2.45, 2.75) is 0 Å². The van der Waals surface area contributed by atoms with E-state index in [2.05, 4.69) is 0 Å². The molecule has 0 bridgehead atoms. The van der Waals surface area contributed by atoms with E-state index in [0.717, 1.165) is 6.21 Å². The summed E-state index contributed by atoms with van der Waals surface area (Å²) in [4.78, 5) is 0. The van der Waals surface area contributed by atoms with E-state index in [4.69, 9.17) is 21.6 Å². The van der Waals surface area contributed by atoms with Crippen molar-refractivity contribution in [3.63, 3.8) is 0 Å². The van der Waals surface area contributed by atoms with Crippen molar-refractivity contribution in [1.29, 1.82) is 5.41 Å². The second kappa shape index (κ2) is 4.75. The monoisotopic (exact) mass is 245 g/mol. The molecule has 18 heavy (non-hydrogen) atoms. The van der Waals surface area contributed by atoms with Gasteiger partial charge in [0.2, 0.25) is 0 Å². The average molecular weight is 245 g/mol. The molecule has 0 fully saturated rings. The van der Waals surface area contributed by atoms with Gasteiger partial charge in [0.1, 0.15) is 5.75 Å². The van der Waals surface area contributed by atoms with Gasteiger partial charge in [0, 0.05) is 23.7 Å². The summed E-state index contributed by atoms with van der Waals surface area (Å²) < 4.78 is 19.0. The maximum absolute atomic E-state index is 13.6. The molecule has 0 heterocycles. The summed E-state index contributed by atoms with van der Waals surface area (Å²) in [6, 6.07) is 9.08. The van der Waals surface area contributed by atoms with E-state index < -0.39 is 5.82 Å². The van der Waals surface area contributed by atoms with Crippen LogP contribution in [0.25, 0.3) is 0 Å². The molecule has 2 aromatic carbocycles. The molecular weight excluding hydrogens is 233 g/mol. The van der Waals surface area contributed by atoms with Crippen LogP contribution in [0.5, 0.6) is 11.5 Å². The van der Waals surface area contributed by atoms with Gasteiger partial charge in [-0.2, -0.15) is 0 Å². The first-order chi connectivity index (χ1) is 8.61. The Kier molecular flexibility index (Phi) is 3.14. The van der Waals surface area contributed by atoms with E-state index in [-0.39, 0.29) is 5.75 Å². The van der Waals surface area contributed by atoms with Crippen LogP contribution in [0.15, 0.2) is 36.4 Å². The third kappa shape index (κ3) is 2.24.